The van der Waals surface area contributed by atoms with Crippen molar-refractivity contribution < 1.29 is 14.6 Å². The summed E-state index contributed by atoms with van der Waals surface area (Å²) in [6.07, 6.45) is 5.98. The number of hydrogen-bond acceptors (Lipinski definition) is 5. The van der Waals surface area contributed by atoms with Gasteiger partial charge in [-0.2, -0.15) is 0 Å². The van der Waals surface area contributed by atoms with Gasteiger partial charge in [-0.3, -0.25) is 4.79 Å². The number of aromatic nitrogens is 3. The zero-order valence-corrected chi connectivity index (χ0v) is 15.3. The summed E-state index contributed by atoms with van der Waals surface area (Å²) in [6.45, 7) is 3.65. The Labute approximate surface area is 157 Å². The second-order valence-electron chi connectivity index (χ2n) is 7.05. The Balaban J connectivity index is 1.69. The molecule has 0 radical (unpaired) electrons. The maximum Gasteiger partial charge on any atom is 0.262 e. The molecule has 2 N–H and O–H groups in total. The van der Waals surface area contributed by atoms with Crippen LogP contribution in [0.5, 0.6) is 5.75 Å². The topological polar surface area (TPSA) is 88.8 Å². The zero-order valence-electron chi connectivity index (χ0n) is 15.3. The second kappa shape index (κ2) is 7.00. The van der Waals surface area contributed by atoms with Crippen molar-refractivity contribution in [3.63, 3.8) is 0 Å². The maximum absolute atomic E-state index is 12.9. The molecule has 1 saturated carbocycles. The molecule has 0 atom stereocenters. The first kappa shape index (κ1) is 17.5. The van der Waals surface area contributed by atoms with E-state index in [1.807, 2.05) is 24.4 Å². The molecule has 1 aliphatic carbocycles. The van der Waals surface area contributed by atoms with Gasteiger partial charge in [0.2, 0.25) is 0 Å². The highest BCUT2D eigenvalue weighted by atomic mass is 16.5. The van der Waals surface area contributed by atoms with E-state index in [-0.39, 0.29) is 18.6 Å². The Morgan fingerprint density at radius 2 is 2.15 bits per heavy atom. The first-order valence-electron chi connectivity index (χ1n) is 9.11. The van der Waals surface area contributed by atoms with Crippen molar-refractivity contribution in [3.05, 3.63) is 53.6 Å². The van der Waals surface area contributed by atoms with E-state index in [0.29, 0.717) is 28.7 Å². The summed E-state index contributed by atoms with van der Waals surface area (Å²) >= 11 is 0. The molecule has 1 fully saturated rings. The number of anilines is 1. The molecule has 1 aliphatic rings. The number of amides is 1. The summed E-state index contributed by atoms with van der Waals surface area (Å²) in [5.41, 5.74) is 2.72. The van der Waals surface area contributed by atoms with Crippen molar-refractivity contribution in [1.29, 1.82) is 0 Å². The lowest BCUT2D eigenvalue weighted by Crippen LogP contribution is -2.17. The molecule has 0 aliphatic heterocycles. The monoisotopic (exact) mass is 366 g/mol. The summed E-state index contributed by atoms with van der Waals surface area (Å²) in [4.78, 5) is 21.7. The smallest absolute Gasteiger partial charge is 0.262 e. The zero-order chi connectivity index (χ0) is 19.0. The standard InChI is InChI=1S/C20H22N4O3/c1-12(2)27-17-8-19-22-16(13-6-7-13)10-24(19)9-15(17)20(26)23-18-5-3-4-14(11-25)21-18/h3-5,8-10,12-13,25H,6-7,11H2,1-2H3,(H,21,23,26). The maximum atomic E-state index is 12.9. The predicted octanol–water partition coefficient (Wildman–Crippen LogP) is 3.14. The summed E-state index contributed by atoms with van der Waals surface area (Å²) in [5.74, 6) is 1.08. The summed E-state index contributed by atoms with van der Waals surface area (Å²) in [5, 5.41) is 12.0. The highest BCUT2D eigenvalue weighted by molar-refractivity contribution is 6.05. The first-order chi connectivity index (χ1) is 13.0. The number of rotatable bonds is 6. The normalized spacial score (nSPS) is 13.9. The lowest BCUT2D eigenvalue weighted by Gasteiger charge is -2.14. The van der Waals surface area contributed by atoms with Gasteiger partial charge in [0.05, 0.1) is 29.7 Å². The van der Waals surface area contributed by atoms with Crippen LogP contribution in [0.25, 0.3) is 5.65 Å². The number of hydrogen-bond donors (Lipinski definition) is 2. The third-order valence-corrected chi connectivity index (χ3v) is 4.39. The van der Waals surface area contributed by atoms with Crippen LogP contribution in [-0.4, -0.2) is 31.5 Å². The average molecular weight is 366 g/mol. The number of carbonyl (C=O) groups excluding carboxylic acids is 1. The first-order valence-corrected chi connectivity index (χ1v) is 9.11. The van der Waals surface area contributed by atoms with Crippen LogP contribution in [0.3, 0.4) is 0 Å². The Morgan fingerprint density at radius 3 is 2.85 bits per heavy atom. The van der Waals surface area contributed by atoms with Gasteiger partial charge in [0.1, 0.15) is 17.2 Å². The highest BCUT2D eigenvalue weighted by Gasteiger charge is 2.27. The largest absolute Gasteiger partial charge is 0.490 e. The molecule has 3 heterocycles. The minimum atomic E-state index is -0.322. The Morgan fingerprint density at radius 1 is 1.33 bits per heavy atom. The van der Waals surface area contributed by atoms with Gasteiger partial charge in [-0.25, -0.2) is 9.97 Å². The van der Waals surface area contributed by atoms with Crippen LogP contribution in [0.2, 0.25) is 0 Å². The fraction of sp³-hybridized carbons (Fsp3) is 0.350. The quantitative estimate of drug-likeness (QED) is 0.700. The molecule has 0 aromatic carbocycles. The third kappa shape index (κ3) is 3.78. The molecule has 0 spiro atoms. The molecule has 1 amide bonds. The van der Waals surface area contributed by atoms with E-state index in [2.05, 4.69) is 15.3 Å². The molecular weight excluding hydrogens is 344 g/mol. The molecule has 4 rings (SSSR count). The van der Waals surface area contributed by atoms with E-state index in [4.69, 9.17) is 4.74 Å². The van der Waals surface area contributed by atoms with Gasteiger partial charge in [-0.1, -0.05) is 6.07 Å². The molecule has 3 aromatic rings. The molecule has 27 heavy (non-hydrogen) atoms. The van der Waals surface area contributed by atoms with Gasteiger partial charge in [0.25, 0.3) is 5.91 Å². The lowest BCUT2D eigenvalue weighted by molar-refractivity contribution is 0.102. The van der Waals surface area contributed by atoms with Crippen molar-refractivity contribution in [3.8, 4) is 5.75 Å². The molecule has 7 nitrogen and oxygen atoms in total. The van der Waals surface area contributed by atoms with E-state index in [1.165, 1.54) is 12.8 Å². The lowest BCUT2D eigenvalue weighted by atomic mass is 10.2. The van der Waals surface area contributed by atoms with Crippen LogP contribution < -0.4 is 10.1 Å². The van der Waals surface area contributed by atoms with Crippen LogP contribution in [0, 0.1) is 0 Å². The minimum absolute atomic E-state index is 0.0762. The van der Waals surface area contributed by atoms with Gasteiger partial charge >= 0.3 is 0 Å². The third-order valence-electron chi connectivity index (χ3n) is 4.39. The van der Waals surface area contributed by atoms with Crippen molar-refractivity contribution in [2.45, 2.75) is 45.3 Å². The van der Waals surface area contributed by atoms with Crippen LogP contribution in [0.15, 0.2) is 36.7 Å². The van der Waals surface area contributed by atoms with Crippen molar-refractivity contribution >= 4 is 17.4 Å². The van der Waals surface area contributed by atoms with E-state index < -0.39 is 0 Å². The predicted molar refractivity (Wildman–Crippen MR) is 101 cm³/mol. The number of carbonyl (C=O) groups is 1. The van der Waals surface area contributed by atoms with Gasteiger partial charge in [0, 0.05) is 24.4 Å². The molecule has 0 unspecified atom stereocenters. The number of ether oxygens (including phenoxy) is 1. The Hall–Kier alpha value is -2.93. The van der Waals surface area contributed by atoms with Crippen molar-refractivity contribution in [2.24, 2.45) is 0 Å². The van der Waals surface area contributed by atoms with Crippen molar-refractivity contribution in [1.82, 2.24) is 14.4 Å². The number of aliphatic hydroxyl groups excluding tert-OH is 1. The van der Waals surface area contributed by atoms with Crippen LogP contribution in [0.1, 0.15) is 54.4 Å². The highest BCUT2D eigenvalue weighted by Crippen LogP contribution is 2.39. The van der Waals surface area contributed by atoms with Crippen LogP contribution in [-0.2, 0) is 6.61 Å². The van der Waals surface area contributed by atoms with Gasteiger partial charge in [0.15, 0.2) is 0 Å². The summed E-state index contributed by atoms with van der Waals surface area (Å²) < 4.78 is 7.74. The fourth-order valence-electron chi connectivity index (χ4n) is 2.95. The average Bonchev–Trinajstić information content (AvgIpc) is 3.41. The number of nitrogens with one attached hydrogen (secondary N) is 1. The molecular formula is C20H22N4O3. The number of aliphatic hydroxyl groups is 1. The number of nitrogens with zero attached hydrogens (tertiary/aromatic N) is 3. The second-order valence-corrected chi connectivity index (χ2v) is 7.05. The number of pyridine rings is 2. The molecule has 3 aromatic heterocycles. The molecule has 0 bridgehead atoms. The van der Waals surface area contributed by atoms with E-state index >= 15 is 0 Å². The summed E-state index contributed by atoms with van der Waals surface area (Å²) in [7, 11) is 0. The van der Waals surface area contributed by atoms with E-state index in [9.17, 15) is 9.90 Å². The van der Waals surface area contributed by atoms with Gasteiger partial charge in [-0.05, 0) is 38.8 Å². The molecule has 140 valence electrons. The Kier molecular flexibility index (Phi) is 4.53. The van der Waals surface area contributed by atoms with Crippen LogP contribution in [0.4, 0.5) is 5.82 Å². The number of fused-ring (bicyclic) bond motifs is 1. The van der Waals surface area contributed by atoms with Crippen molar-refractivity contribution in [2.75, 3.05) is 5.32 Å². The Bertz CT molecular complexity index is 992. The van der Waals surface area contributed by atoms with E-state index in [0.717, 1.165) is 11.3 Å². The summed E-state index contributed by atoms with van der Waals surface area (Å²) in [6, 6.07) is 6.92. The molecule has 0 saturated heterocycles. The van der Waals surface area contributed by atoms with E-state index in [1.54, 1.807) is 30.5 Å². The SMILES string of the molecule is CC(C)Oc1cc2nc(C3CC3)cn2cc1C(=O)Nc1cccc(CO)n1. The molecule has 7 heteroatoms. The number of imidazole rings is 1. The van der Waals surface area contributed by atoms with Gasteiger partial charge in [-0.15, -0.1) is 0 Å². The minimum Gasteiger partial charge on any atom is -0.490 e. The van der Waals surface area contributed by atoms with Crippen LogP contribution >= 0.6 is 0 Å². The fourth-order valence-corrected chi connectivity index (χ4v) is 2.95. The van der Waals surface area contributed by atoms with Gasteiger partial charge < -0.3 is 19.6 Å².